The minimum absolute atomic E-state index is 0.0574. The Kier molecular flexibility index (Phi) is 3.23. The fourth-order valence-corrected chi connectivity index (χ4v) is 3.67. The second-order valence-corrected chi connectivity index (χ2v) is 7.00. The molecule has 1 aromatic heterocycles. The van der Waals surface area contributed by atoms with E-state index >= 15 is 0 Å². The average Bonchev–Trinajstić information content (AvgIpc) is 3.27. The van der Waals surface area contributed by atoms with Gasteiger partial charge in [0.15, 0.2) is 5.43 Å². The van der Waals surface area contributed by atoms with Gasteiger partial charge in [-0.25, -0.2) is 4.39 Å². The molecule has 1 saturated carbocycles. The molecule has 0 unspecified atom stereocenters. The molecule has 1 atom stereocenters. The van der Waals surface area contributed by atoms with Gasteiger partial charge in [-0.2, -0.15) is 0 Å². The average molecular weight is 315 g/mol. The Labute approximate surface area is 134 Å². The Hall–Kier alpha value is -1.88. The van der Waals surface area contributed by atoms with E-state index in [0.717, 1.165) is 31.3 Å². The van der Waals surface area contributed by atoms with E-state index in [9.17, 15) is 9.18 Å². The number of aryl methyl sites for hydroxylation is 2. The molecule has 122 valence electrons. The number of hydrogen-bond donors (Lipinski definition) is 1. The van der Waals surface area contributed by atoms with E-state index in [4.69, 9.17) is 5.73 Å². The second-order valence-electron chi connectivity index (χ2n) is 7.00. The normalized spacial score (nSPS) is 21.4. The highest BCUT2D eigenvalue weighted by molar-refractivity contribution is 5.87. The Bertz CT molecular complexity index is 854. The fraction of sp³-hybridized carbons (Fsp3) is 0.500. The highest BCUT2D eigenvalue weighted by atomic mass is 19.1. The van der Waals surface area contributed by atoms with Gasteiger partial charge >= 0.3 is 0 Å². The van der Waals surface area contributed by atoms with Crippen LogP contribution in [-0.4, -0.2) is 23.7 Å². The third-order valence-electron chi connectivity index (χ3n) is 5.16. The molecule has 2 heterocycles. The molecule has 4 nitrogen and oxygen atoms in total. The lowest BCUT2D eigenvalue weighted by Crippen LogP contribution is -2.27. The summed E-state index contributed by atoms with van der Waals surface area (Å²) in [6, 6.07) is 2.39. The number of nitrogens with two attached hydrogens (primary N) is 1. The first kappa shape index (κ1) is 14.7. The molecule has 2 fully saturated rings. The molecule has 1 aliphatic heterocycles. The zero-order chi connectivity index (χ0) is 16.3. The third-order valence-corrected chi connectivity index (χ3v) is 5.16. The molecular formula is C18H22FN3O. The standard InChI is InChI=1S/C18H22FN3O/c1-10-8-22(13-3-4-13)14-7-15(21-6-5-12(20)9-21)17(19)11(2)16(14)18(10)23/h7-8,12-13H,3-6,9,20H2,1-2H3/t12-/m0/s1. The van der Waals surface area contributed by atoms with E-state index in [-0.39, 0.29) is 17.3 Å². The first-order valence-corrected chi connectivity index (χ1v) is 8.32. The van der Waals surface area contributed by atoms with Crippen LogP contribution in [0.15, 0.2) is 17.1 Å². The molecule has 1 aliphatic carbocycles. The fourth-order valence-electron chi connectivity index (χ4n) is 3.67. The Balaban J connectivity index is 2.00. The van der Waals surface area contributed by atoms with Gasteiger partial charge < -0.3 is 15.2 Å². The lowest BCUT2D eigenvalue weighted by molar-refractivity contribution is 0.615. The van der Waals surface area contributed by atoms with Gasteiger partial charge in [0.1, 0.15) is 5.82 Å². The van der Waals surface area contributed by atoms with Gasteiger partial charge in [-0.15, -0.1) is 0 Å². The van der Waals surface area contributed by atoms with Gasteiger partial charge in [-0.3, -0.25) is 4.79 Å². The molecule has 2 aromatic rings. The van der Waals surface area contributed by atoms with Crippen LogP contribution in [0, 0.1) is 19.7 Å². The van der Waals surface area contributed by atoms with E-state index in [2.05, 4.69) is 4.57 Å². The zero-order valence-corrected chi connectivity index (χ0v) is 13.6. The minimum atomic E-state index is -0.281. The number of pyridine rings is 1. The van der Waals surface area contributed by atoms with Crippen LogP contribution < -0.4 is 16.1 Å². The highest BCUT2D eigenvalue weighted by Crippen LogP contribution is 2.39. The number of anilines is 1. The van der Waals surface area contributed by atoms with E-state index in [0.29, 0.717) is 34.8 Å². The lowest BCUT2D eigenvalue weighted by atomic mass is 10.0. The number of hydrogen-bond acceptors (Lipinski definition) is 3. The number of benzene rings is 1. The van der Waals surface area contributed by atoms with Crippen LogP contribution in [0.4, 0.5) is 10.1 Å². The molecule has 0 spiro atoms. The minimum Gasteiger partial charge on any atom is -0.367 e. The summed E-state index contributed by atoms with van der Waals surface area (Å²) < 4.78 is 17.1. The maximum atomic E-state index is 14.9. The highest BCUT2D eigenvalue weighted by Gasteiger charge is 2.28. The van der Waals surface area contributed by atoms with Crippen molar-refractivity contribution in [2.45, 2.75) is 45.2 Å². The largest absolute Gasteiger partial charge is 0.367 e. The molecular weight excluding hydrogens is 293 g/mol. The topological polar surface area (TPSA) is 51.3 Å². The van der Waals surface area contributed by atoms with E-state index < -0.39 is 0 Å². The van der Waals surface area contributed by atoms with Crippen molar-refractivity contribution < 1.29 is 4.39 Å². The van der Waals surface area contributed by atoms with Crippen molar-refractivity contribution >= 4 is 16.6 Å². The van der Waals surface area contributed by atoms with Gasteiger partial charge in [-0.1, -0.05) is 0 Å². The summed E-state index contributed by atoms with van der Waals surface area (Å²) in [5.74, 6) is -0.281. The quantitative estimate of drug-likeness (QED) is 0.927. The number of halogens is 1. The molecule has 1 saturated heterocycles. The summed E-state index contributed by atoms with van der Waals surface area (Å²) >= 11 is 0. The van der Waals surface area contributed by atoms with Crippen LogP contribution in [0.2, 0.25) is 0 Å². The summed E-state index contributed by atoms with van der Waals surface area (Å²) in [6.45, 7) is 4.96. The Morgan fingerprint density at radius 2 is 2.00 bits per heavy atom. The summed E-state index contributed by atoms with van der Waals surface area (Å²) in [5.41, 5.74) is 8.50. The lowest BCUT2D eigenvalue weighted by Gasteiger charge is -2.22. The van der Waals surface area contributed by atoms with Gasteiger partial charge in [0.2, 0.25) is 0 Å². The molecule has 1 aromatic carbocycles. The molecule has 0 amide bonds. The van der Waals surface area contributed by atoms with Gasteiger partial charge in [-0.05, 0) is 39.2 Å². The maximum absolute atomic E-state index is 14.9. The van der Waals surface area contributed by atoms with Crippen molar-refractivity contribution in [3.05, 3.63) is 39.4 Å². The first-order chi connectivity index (χ1) is 11.0. The molecule has 5 heteroatoms. The van der Waals surface area contributed by atoms with Crippen LogP contribution >= 0.6 is 0 Å². The van der Waals surface area contributed by atoms with Gasteiger partial charge in [0.05, 0.1) is 16.6 Å². The number of fused-ring (bicyclic) bond motifs is 1. The summed E-state index contributed by atoms with van der Waals surface area (Å²) in [5, 5.41) is 0.529. The predicted octanol–water partition coefficient (Wildman–Crippen LogP) is 2.63. The molecule has 2 N–H and O–H groups in total. The summed E-state index contributed by atoms with van der Waals surface area (Å²) in [7, 11) is 0. The van der Waals surface area contributed by atoms with Crippen LogP contribution in [-0.2, 0) is 0 Å². The van der Waals surface area contributed by atoms with Crippen molar-refractivity contribution in [3.63, 3.8) is 0 Å². The van der Waals surface area contributed by atoms with Crippen LogP contribution in [0.25, 0.3) is 10.9 Å². The smallest absolute Gasteiger partial charge is 0.192 e. The predicted molar refractivity (Wildman–Crippen MR) is 90.7 cm³/mol. The maximum Gasteiger partial charge on any atom is 0.192 e. The van der Waals surface area contributed by atoms with E-state index in [1.54, 1.807) is 6.92 Å². The molecule has 23 heavy (non-hydrogen) atoms. The van der Waals surface area contributed by atoms with Crippen molar-refractivity contribution in [3.8, 4) is 0 Å². The Morgan fingerprint density at radius 1 is 1.26 bits per heavy atom. The van der Waals surface area contributed by atoms with Crippen molar-refractivity contribution in [2.75, 3.05) is 18.0 Å². The summed E-state index contributed by atoms with van der Waals surface area (Å²) in [6.07, 6.45) is 5.05. The van der Waals surface area contributed by atoms with Crippen LogP contribution in [0.3, 0.4) is 0 Å². The van der Waals surface area contributed by atoms with Crippen molar-refractivity contribution in [1.82, 2.24) is 4.57 Å². The SMILES string of the molecule is Cc1cn(C2CC2)c2cc(N3CC[C@H](N)C3)c(F)c(C)c2c1=O. The third kappa shape index (κ3) is 2.26. The van der Waals surface area contributed by atoms with Gasteiger partial charge in [0.25, 0.3) is 0 Å². The molecule has 2 aliphatic rings. The molecule has 0 radical (unpaired) electrons. The molecule has 4 rings (SSSR count). The summed E-state index contributed by atoms with van der Waals surface area (Å²) in [4.78, 5) is 14.6. The Morgan fingerprint density at radius 3 is 2.61 bits per heavy atom. The monoisotopic (exact) mass is 315 g/mol. The molecule has 0 bridgehead atoms. The number of nitrogens with zero attached hydrogens (tertiary/aromatic N) is 2. The van der Waals surface area contributed by atoms with Crippen molar-refractivity contribution in [2.24, 2.45) is 5.73 Å². The van der Waals surface area contributed by atoms with Crippen molar-refractivity contribution in [1.29, 1.82) is 0 Å². The first-order valence-electron chi connectivity index (χ1n) is 8.32. The van der Waals surface area contributed by atoms with E-state index in [1.165, 1.54) is 0 Å². The number of aromatic nitrogens is 1. The van der Waals surface area contributed by atoms with Gasteiger partial charge in [0, 0.05) is 42.5 Å². The van der Waals surface area contributed by atoms with E-state index in [1.807, 2.05) is 24.1 Å². The van der Waals surface area contributed by atoms with Crippen LogP contribution in [0.5, 0.6) is 0 Å². The number of rotatable bonds is 2. The van der Waals surface area contributed by atoms with Crippen LogP contribution in [0.1, 0.15) is 36.4 Å². The zero-order valence-electron chi connectivity index (χ0n) is 13.6. The second kappa shape index (κ2) is 5.06.